The summed E-state index contributed by atoms with van der Waals surface area (Å²) in [5.74, 6) is -1.84. The number of aryl methyl sites for hydroxylation is 1. The lowest BCUT2D eigenvalue weighted by molar-refractivity contribution is -0.0879. The van der Waals surface area contributed by atoms with Crippen molar-refractivity contribution in [2.24, 2.45) is 7.05 Å². The van der Waals surface area contributed by atoms with E-state index in [1.807, 2.05) is 19.9 Å². The highest BCUT2D eigenvalue weighted by molar-refractivity contribution is 5.90. The predicted octanol–water partition coefficient (Wildman–Crippen LogP) is 4.64. The van der Waals surface area contributed by atoms with Crippen molar-refractivity contribution in [2.75, 3.05) is 5.32 Å². The number of carbonyl (C=O) groups is 1. The van der Waals surface area contributed by atoms with E-state index in [0.29, 0.717) is 11.7 Å². The fraction of sp³-hybridized carbons (Fsp3) is 0.667. The molecule has 1 aromatic heterocycles. The largest absolute Gasteiger partial charge is 0.324 e. The zero-order valence-corrected chi connectivity index (χ0v) is 15.0. The summed E-state index contributed by atoms with van der Waals surface area (Å²) in [6.07, 6.45) is 5.47. The van der Waals surface area contributed by atoms with Crippen molar-refractivity contribution in [3.05, 3.63) is 23.0 Å². The van der Waals surface area contributed by atoms with Crippen LogP contribution < -0.4 is 10.6 Å². The normalized spacial score (nSPS) is 20.8. The monoisotopic (exact) mass is 352 g/mol. The fourth-order valence-corrected chi connectivity index (χ4v) is 3.61. The second-order valence-corrected chi connectivity index (χ2v) is 7.11. The molecule has 7 heteroatoms. The van der Waals surface area contributed by atoms with E-state index in [2.05, 4.69) is 15.7 Å². The number of amides is 2. The van der Waals surface area contributed by atoms with Gasteiger partial charge in [-0.15, -0.1) is 0 Å². The van der Waals surface area contributed by atoms with Gasteiger partial charge in [0.2, 0.25) is 5.92 Å². The molecule has 0 saturated heterocycles. The third kappa shape index (κ3) is 3.55. The first-order valence-electron chi connectivity index (χ1n) is 9.02. The topological polar surface area (TPSA) is 59.0 Å². The Kier molecular flexibility index (Phi) is 4.84. The maximum atomic E-state index is 13.3. The number of nitrogens with zero attached hydrogens (tertiary/aromatic N) is 2. The van der Waals surface area contributed by atoms with Crippen LogP contribution in [0, 0.1) is 0 Å². The summed E-state index contributed by atoms with van der Waals surface area (Å²) in [5, 5.41) is 10.2. The fourth-order valence-electron chi connectivity index (χ4n) is 3.61. The lowest BCUT2D eigenvalue weighted by atomic mass is 9.73. The van der Waals surface area contributed by atoms with E-state index >= 15 is 0 Å². The number of hydrogen-bond acceptors (Lipinski definition) is 2. The minimum atomic E-state index is -2.58. The summed E-state index contributed by atoms with van der Waals surface area (Å²) < 4.78 is 28.3. The average Bonchev–Trinajstić information content (AvgIpc) is 2.78. The third-order valence-electron chi connectivity index (χ3n) is 5.34. The number of allylic oxidation sites excluding steroid dienone is 2. The van der Waals surface area contributed by atoms with Gasteiger partial charge in [0.25, 0.3) is 0 Å². The summed E-state index contributed by atoms with van der Waals surface area (Å²) in [5.41, 5.74) is 2.54. The molecule has 0 bridgehead atoms. The van der Waals surface area contributed by atoms with E-state index in [9.17, 15) is 13.6 Å². The summed E-state index contributed by atoms with van der Waals surface area (Å²) in [7, 11) is 1.76. The Balaban J connectivity index is 1.83. The number of halogens is 2. The van der Waals surface area contributed by atoms with Gasteiger partial charge >= 0.3 is 6.03 Å². The molecule has 2 amide bonds. The third-order valence-corrected chi connectivity index (χ3v) is 5.34. The Morgan fingerprint density at radius 2 is 2.04 bits per heavy atom. The zero-order valence-electron chi connectivity index (χ0n) is 15.0. The quantitative estimate of drug-likeness (QED) is 0.811. The van der Waals surface area contributed by atoms with Crippen LogP contribution in [0.25, 0.3) is 0 Å². The number of hydrogen-bond donors (Lipinski definition) is 2. The van der Waals surface area contributed by atoms with Crippen molar-refractivity contribution in [1.82, 2.24) is 15.1 Å². The Labute approximate surface area is 146 Å². The van der Waals surface area contributed by atoms with Gasteiger partial charge in [-0.1, -0.05) is 19.4 Å². The molecule has 0 spiro atoms. The van der Waals surface area contributed by atoms with Gasteiger partial charge in [-0.05, 0) is 32.1 Å². The number of aromatic nitrogens is 2. The summed E-state index contributed by atoms with van der Waals surface area (Å²) in [4.78, 5) is 12.3. The van der Waals surface area contributed by atoms with Crippen molar-refractivity contribution in [3.8, 4) is 0 Å². The van der Waals surface area contributed by atoms with Crippen molar-refractivity contribution < 1.29 is 13.6 Å². The van der Waals surface area contributed by atoms with Crippen LogP contribution in [0.2, 0.25) is 0 Å². The van der Waals surface area contributed by atoms with Crippen LogP contribution in [-0.2, 0) is 7.05 Å². The van der Waals surface area contributed by atoms with Gasteiger partial charge in [0.1, 0.15) is 5.82 Å². The maximum absolute atomic E-state index is 13.3. The second-order valence-electron chi connectivity index (χ2n) is 7.11. The molecule has 0 radical (unpaired) electrons. The second kappa shape index (κ2) is 6.77. The summed E-state index contributed by atoms with van der Waals surface area (Å²) in [6, 6.07) is -0.316. The van der Waals surface area contributed by atoms with Gasteiger partial charge in [-0.2, -0.15) is 5.10 Å². The highest BCUT2D eigenvalue weighted by atomic mass is 19.3. The Bertz CT molecular complexity index is 683. The number of carbonyl (C=O) groups excluding carboxylic acids is 1. The number of nitrogens with one attached hydrogen (secondary N) is 2. The van der Waals surface area contributed by atoms with Gasteiger partial charge in [0.15, 0.2) is 0 Å². The molecule has 25 heavy (non-hydrogen) atoms. The SMILES string of the molecule is C/C=C(\CC)NC(=O)Nc1c(C2CCC2)c(C2CC(F)(F)C2)nn1C. The first-order valence-corrected chi connectivity index (χ1v) is 9.02. The van der Waals surface area contributed by atoms with Crippen molar-refractivity contribution in [1.29, 1.82) is 0 Å². The number of urea groups is 1. The Hall–Kier alpha value is -1.92. The van der Waals surface area contributed by atoms with Crippen LogP contribution in [0.15, 0.2) is 11.8 Å². The van der Waals surface area contributed by atoms with E-state index in [0.717, 1.165) is 42.6 Å². The van der Waals surface area contributed by atoms with E-state index in [1.165, 1.54) is 0 Å². The molecule has 2 aliphatic carbocycles. The van der Waals surface area contributed by atoms with Crippen molar-refractivity contribution in [2.45, 2.75) is 70.1 Å². The van der Waals surface area contributed by atoms with E-state index in [-0.39, 0.29) is 24.8 Å². The van der Waals surface area contributed by atoms with E-state index in [4.69, 9.17) is 0 Å². The minimum Gasteiger partial charge on any atom is -0.312 e. The number of anilines is 1. The van der Waals surface area contributed by atoms with Crippen LogP contribution in [0.1, 0.15) is 75.5 Å². The summed E-state index contributed by atoms with van der Waals surface area (Å²) in [6.45, 7) is 3.84. The van der Waals surface area contributed by atoms with Gasteiger partial charge in [0.05, 0.1) is 5.69 Å². The molecule has 3 rings (SSSR count). The van der Waals surface area contributed by atoms with Gasteiger partial charge in [-0.3, -0.25) is 10.00 Å². The molecule has 1 aromatic rings. The zero-order chi connectivity index (χ0) is 18.2. The molecule has 2 N–H and O–H groups in total. The molecule has 0 unspecified atom stereocenters. The molecule has 5 nitrogen and oxygen atoms in total. The van der Waals surface area contributed by atoms with Crippen LogP contribution >= 0.6 is 0 Å². The summed E-state index contributed by atoms with van der Waals surface area (Å²) >= 11 is 0. The molecule has 0 aromatic carbocycles. The smallest absolute Gasteiger partial charge is 0.312 e. The number of alkyl halides is 2. The van der Waals surface area contributed by atoms with Crippen LogP contribution in [0.5, 0.6) is 0 Å². The number of rotatable bonds is 5. The lowest BCUT2D eigenvalue weighted by Gasteiger charge is -2.36. The first-order chi connectivity index (χ1) is 11.8. The standard InChI is InChI=1S/C18H26F2N4O/c1-4-13(5-2)21-17(25)22-16-14(11-7-6-8-11)15(23-24(16)3)12-9-18(19,20)10-12/h4,11-12H,5-10H2,1-3H3,(H2,21,22,25)/b13-4+. The van der Waals surface area contributed by atoms with Crippen LogP contribution in [-0.4, -0.2) is 21.7 Å². The van der Waals surface area contributed by atoms with E-state index < -0.39 is 5.92 Å². The highest BCUT2D eigenvalue weighted by Gasteiger charge is 2.49. The van der Waals surface area contributed by atoms with Crippen molar-refractivity contribution >= 4 is 11.8 Å². The molecular weight excluding hydrogens is 326 g/mol. The maximum Gasteiger partial charge on any atom is 0.324 e. The molecule has 2 saturated carbocycles. The van der Waals surface area contributed by atoms with Gasteiger partial charge in [0, 0.05) is 37.1 Å². The average molecular weight is 352 g/mol. The molecule has 1 heterocycles. The van der Waals surface area contributed by atoms with Crippen LogP contribution in [0.4, 0.5) is 19.4 Å². The van der Waals surface area contributed by atoms with Gasteiger partial charge in [-0.25, -0.2) is 13.6 Å². The predicted molar refractivity (Wildman–Crippen MR) is 92.9 cm³/mol. The highest BCUT2D eigenvalue weighted by Crippen LogP contribution is 2.52. The minimum absolute atomic E-state index is 0.145. The molecular formula is C18H26F2N4O. The Morgan fingerprint density at radius 1 is 1.36 bits per heavy atom. The molecule has 2 fully saturated rings. The van der Waals surface area contributed by atoms with Gasteiger partial charge < -0.3 is 5.32 Å². The molecule has 0 atom stereocenters. The van der Waals surface area contributed by atoms with Crippen LogP contribution in [0.3, 0.4) is 0 Å². The van der Waals surface area contributed by atoms with Crippen molar-refractivity contribution in [3.63, 3.8) is 0 Å². The van der Waals surface area contributed by atoms with E-state index in [1.54, 1.807) is 11.7 Å². The molecule has 0 aliphatic heterocycles. The molecule has 2 aliphatic rings. The lowest BCUT2D eigenvalue weighted by Crippen LogP contribution is -2.35. The molecule has 138 valence electrons. The Morgan fingerprint density at radius 3 is 2.52 bits per heavy atom. The first kappa shape index (κ1) is 17.9.